The van der Waals surface area contributed by atoms with Crippen LogP contribution in [0.1, 0.15) is 43.6 Å². The highest BCUT2D eigenvalue weighted by molar-refractivity contribution is 5.80. The van der Waals surface area contributed by atoms with Gasteiger partial charge >= 0.3 is 0 Å². The van der Waals surface area contributed by atoms with E-state index in [1.807, 2.05) is 65.2 Å². The second-order valence-electron chi connectivity index (χ2n) is 11.2. The molecule has 0 bridgehead atoms. The number of aliphatic hydroxyl groups is 1. The van der Waals surface area contributed by atoms with Crippen molar-refractivity contribution in [2.24, 2.45) is 5.92 Å². The van der Waals surface area contributed by atoms with Gasteiger partial charge in [-0.25, -0.2) is 13.8 Å². The van der Waals surface area contributed by atoms with Crippen LogP contribution in [0.25, 0.3) is 16.7 Å². The zero-order valence-corrected chi connectivity index (χ0v) is 22.1. The topological polar surface area (TPSA) is 80.4 Å². The standard InChI is InChI=1S/C31H32F2N4O3/c32-31(33)13-11-24(22-7-3-1-4-8-22)26(19-31)29(39)35-17-14-30(40,15-18-35)20-36-21-34-27-25(28(36)38)12-16-37(27)23-9-5-2-6-10-23/h1-10,12,16,21,24,26,40H,11,13-15,17-20H2/t24-,26+/m0/s1. The molecule has 40 heavy (non-hydrogen) atoms. The van der Waals surface area contributed by atoms with E-state index in [1.54, 1.807) is 17.2 Å². The number of likely N-dealkylation sites (tertiary alicyclic amines) is 1. The number of carbonyl (C=O) groups is 1. The lowest BCUT2D eigenvalue weighted by atomic mass is 9.73. The molecule has 208 valence electrons. The van der Waals surface area contributed by atoms with E-state index in [9.17, 15) is 23.5 Å². The van der Waals surface area contributed by atoms with Gasteiger partial charge in [0.2, 0.25) is 11.8 Å². The van der Waals surface area contributed by atoms with Gasteiger partial charge in [0.05, 0.1) is 23.4 Å². The molecule has 1 saturated carbocycles. The van der Waals surface area contributed by atoms with Crippen LogP contribution in [-0.2, 0) is 11.3 Å². The molecule has 0 spiro atoms. The fraction of sp³-hybridized carbons (Fsp3) is 0.387. The van der Waals surface area contributed by atoms with Gasteiger partial charge in [0.25, 0.3) is 5.56 Å². The van der Waals surface area contributed by atoms with Crippen LogP contribution in [0, 0.1) is 5.92 Å². The molecule has 1 aliphatic carbocycles. The van der Waals surface area contributed by atoms with Gasteiger partial charge in [-0.1, -0.05) is 48.5 Å². The minimum Gasteiger partial charge on any atom is -0.388 e. The van der Waals surface area contributed by atoms with Crippen LogP contribution in [0.15, 0.2) is 84.0 Å². The lowest BCUT2D eigenvalue weighted by molar-refractivity contribution is -0.148. The van der Waals surface area contributed by atoms with Crippen molar-refractivity contribution in [3.63, 3.8) is 0 Å². The molecule has 2 fully saturated rings. The van der Waals surface area contributed by atoms with Gasteiger partial charge in [-0.15, -0.1) is 0 Å². The monoisotopic (exact) mass is 546 g/mol. The maximum Gasteiger partial charge on any atom is 0.262 e. The van der Waals surface area contributed by atoms with Crippen molar-refractivity contribution in [2.45, 2.75) is 56.1 Å². The van der Waals surface area contributed by atoms with Gasteiger partial charge in [-0.05, 0) is 48.9 Å². The maximum atomic E-state index is 14.4. The summed E-state index contributed by atoms with van der Waals surface area (Å²) in [6, 6.07) is 20.8. The molecular weight excluding hydrogens is 514 g/mol. The predicted molar refractivity (Wildman–Crippen MR) is 148 cm³/mol. The molecular formula is C31H32F2N4O3. The Morgan fingerprint density at radius 1 is 0.975 bits per heavy atom. The quantitative estimate of drug-likeness (QED) is 0.392. The number of fused-ring (bicyclic) bond motifs is 1. The minimum atomic E-state index is -2.87. The number of aromatic nitrogens is 3. The third-order valence-electron chi connectivity index (χ3n) is 8.55. The van der Waals surface area contributed by atoms with E-state index in [0.717, 1.165) is 11.3 Å². The third kappa shape index (κ3) is 5.06. The first-order valence-corrected chi connectivity index (χ1v) is 13.8. The van der Waals surface area contributed by atoms with Gasteiger partial charge in [0, 0.05) is 37.8 Å². The van der Waals surface area contributed by atoms with Crippen LogP contribution in [0.5, 0.6) is 0 Å². The Balaban J connectivity index is 1.16. The average molecular weight is 547 g/mol. The van der Waals surface area contributed by atoms with Gasteiger partial charge in [0.1, 0.15) is 6.33 Å². The van der Waals surface area contributed by atoms with Crippen LogP contribution in [-0.4, -0.2) is 54.6 Å². The Morgan fingerprint density at radius 2 is 1.65 bits per heavy atom. The number of rotatable bonds is 5. The normalized spacial score (nSPS) is 22.3. The van der Waals surface area contributed by atoms with Crippen molar-refractivity contribution in [3.05, 3.63) is 95.2 Å². The Kier molecular flexibility index (Phi) is 6.78. The Bertz CT molecular complexity index is 1560. The van der Waals surface area contributed by atoms with Crippen molar-refractivity contribution >= 4 is 16.9 Å². The van der Waals surface area contributed by atoms with E-state index in [1.165, 1.54) is 10.9 Å². The van der Waals surface area contributed by atoms with E-state index in [4.69, 9.17) is 0 Å². The largest absolute Gasteiger partial charge is 0.388 e. The van der Waals surface area contributed by atoms with Crippen LogP contribution in [0.2, 0.25) is 0 Å². The van der Waals surface area contributed by atoms with E-state index in [2.05, 4.69) is 4.98 Å². The summed E-state index contributed by atoms with van der Waals surface area (Å²) in [4.78, 5) is 32.9. The number of piperidine rings is 1. The molecule has 0 unspecified atom stereocenters. The predicted octanol–water partition coefficient (Wildman–Crippen LogP) is 4.76. The summed E-state index contributed by atoms with van der Waals surface area (Å²) >= 11 is 0. The number of nitrogens with zero attached hydrogens (tertiary/aromatic N) is 4. The lowest BCUT2D eigenvalue weighted by Gasteiger charge is -2.42. The fourth-order valence-corrected chi connectivity index (χ4v) is 6.31. The molecule has 9 heteroatoms. The van der Waals surface area contributed by atoms with Crippen LogP contribution >= 0.6 is 0 Å². The molecule has 0 radical (unpaired) electrons. The summed E-state index contributed by atoms with van der Waals surface area (Å²) in [6.45, 7) is 0.531. The SMILES string of the molecule is O=C([C@@H]1CC(F)(F)CC[C@H]1c1ccccc1)N1CCC(O)(Cn2cnc3c(ccn3-c3ccccc3)c2=O)CC1. The van der Waals surface area contributed by atoms with Crippen LogP contribution in [0.3, 0.4) is 0 Å². The molecule has 2 aromatic heterocycles. The van der Waals surface area contributed by atoms with E-state index in [-0.39, 0.29) is 62.7 Å². The number of carbonyl (C=O) groups excluding carboxylic acids is 1. The lowest BCUT2D eigenvalue weighted by Crippen LogP contribution is -2.52. The number of hydrogen-bond acceptors (Lipinski definition) is 4. The summed E-state index contributed by atoms with van der Waals surface area (Å²) in [5.74, 6) is -4.21. The summed E-state index contributed by atoms with van der Waals surface area (Å²) < 4.78 is 32.1. The number of para-hydroxylation sites is 1. The Hall–Kier alpha value is -3.85. The highest BCUT2D eigenvalue weighted by atomic mass is 19.3. The molecule has 3 heterocycles. The Morgan fingerprint density at radius 3 is 2.35 bits per heavy atom. The molecule has 6 rings (SSSR count). The molecule has 4 aromatic rings. The first-order chi connectivity index (χ1) is 19.2. The minimum absolute atomic E-state index is 0.0431. The van der Waals surface area contributed by atoms with E-state index < -0.39 is 23.9 Å². The van der Waals surface area contributed by atoms with Crippen LogP contribution in [0.4, 0.5) is 8.78 Å². The summed E-state index contributed by atoms with van der Waals surface area (Å²) in [6.07, 6.45) is 3.31. The smallest absolute Gasteiger partial charge is 0.262 e. The fourth-order valence-electron chi connectivity index (χ4n) is 6.31. The second kappa shape index (κ2) is 10.3. The number of alkyl halides is 2. The third-order valence-corrected chi connectivity index (χ3v) is 8.55. The molecule has 2 aliphatic rings. The number of amides is 1. The second-order valence-corrected chi connectivity index (χ2v) is 11.2. The molecule has 2 atom stereocenters. The van der Waals surface area contributed by atoms with Crippen molar-refractivity contribution in [1.82, 2.24) is 19.0 Å². The first kappa shape index (κ1) is 26.4. The molecule has 2 aromatic carbocycles. The maximum absolute atomic E-state index is 14.4. The zero-order valence-electron chi connectivity index (χ0n) is 22.1. The Labute approximate surface area is 230 Å². The number of halogens is 2. The van der Waals surface area contributed by atoms with Gasteiger partial charge < -0.3 is 14.6 Å². The van der Waals surface area contributed by atoms with E-state index >= 15 is 0 Å². The van der Waals surface area contributed by atoms with Crippen molar-refractivity contribution in [3.8, 4) is 5.69 Å². The molecule has 1 amide bonds. The van der Waals surface area contributed by atoms with E-state index in [0.29, 0.717) is 11.0 Å². The molecule has 1 aliphatic heterocycles. The van der Waals surface area contributed by atoms with Crippen molar-refractivity contribution < 1.29 is 18.7 Å². The molecule has 1 N–H and O–H groups in total. The van der Waals surface area contributed by atoms with Gasteiger partial charge in [-0.2, -0.15) is 0 Å². The van der Waals surface area contributed by atoms with Crippen molar-refractivity contribution in [2.75, 3.05) is 13.1 Å². The average Bonchev–Trinajstić information content (AvgIpc) is 3.40. The molecule has 1 saturated heterocycles. The summed E-state index contributed by atoms with van der Waals surface area (Å²) in [5.41, 5.74) is 0.878. The summed E-state index contributed by atoms with van der Waals surface area (Å²) in [5, 5.41) is 11.8. The molecule has 7 nitrogen and oxygen atoms in total. The highest BCUT2D eigenvalue weighted by Crippen LogP contribution is 2.46. The highest BCUT2D eigenvalue weighted by Gasteiger charge is 2.47. The zero-order chi connectivity index (χ0) is 27.9. The van der Waals surface area contributed by atoms with Gasteiger partial charge in [-0.3, -0.25) is 14.2 Å². The number of hydrogen-bond donors (Lipinski definition) is 1. The van der Waals surface area contributed by atoms with Gasteiger partial charge in [0.15, 0.2) is 5.65 Å². The summed E-state index contributed by atoms with van der Waals surface area (Å²) in [7, 11) is 0. The number of benzene rings is 2. The van der Waals surface area contributed by atoms with Crippen molar-refractivity contribution in [1.29, 1.82) is 0 Å². The van der Waals surface area contributed by atoms with Crippen LogP contribution < -0.4 is 5.56 Å². The first-order valence-electron chi connectivity index (χ1n) is 13.8.